The second-order valence-corrected chi connectivity index (χ2v) is 4.17. The maximum Gasteiger partial charge on any atom is 0.255 e. The van der Waals surface area contributed by atoms with E-state index in [1.54, 1.807) is 11.2 Å². The van der Waals surface area contributed by atoms with Crippen molar-refractivity contribution < 1.29 is 4.79 Å². The van der Waals surface area contributed by atoms with Gasteiger partial charge >= 0.3 is 0 Å². The quantitative estimate of drug-likeness (QED) is 0.605. The molecule has 1 spiro atoms. The Hall–Kier alpha value is -0.900. The van der Waals surface area contributed by atoms with E-state index in [9.17, 15) is 4.79 Å². The molecule has 4 nitrogen and oxygen atoms in total. The molecule has 0 unspecified atom stereocenters. The Labute approximate surface area is 84.6 Å². The lowest BCUT2D eigenvalue weighted by Crippen LogP contribution is -2.48. The highest BCUT2D eigenvalue weighted by Gasteiger charge is 2.45. The van der Waals surface area contributed by atoms with Crippen molar-refractivity contribution in [2.75, 3.05) is 26.7 Å². The predicted molar refractivity (Wildman–Crippen MR) is 55.3 cm³/mol. The van der Waals surface area contributed by atoms with E-state index in [2.05, 4.69) is 16.9 Å². The average Bonchev–Trinajstić information content (AvgIpc) is 2.50. The summed E-state index contributed by atoms with van der Waals surface area (Å²) in [6.07, 6.45) is 3.46. The van der Waals surface area contributed by atoms with Gasteiger partial charge in [0.25, 0.3) is 5.91 Å². The zero-order chi connectivity index (χ0) is 10.2. The first kappa shape index (κ1) is 9.65. The third-order valence-electron chi connectivity index (χ3n) is 3.26. The molecule has 0 saturated carbocycles. The van der Waals surface area contributed by atoms with Crippen LogP contribution in [0.25, 0.3) is 0 Å². The summed E-state index contributed by atoms with van der Waals surface area (Å²) >= 11 is 0. The van der Waals surface area contributed by atoms with E-state index in [0.29, 0.717) is 0 Å². The number of amides is 1. The molecule has 0 atom stereocenters. The first-order chi connectivity index (χ1) is 6.68. The van der Waals surface area contributed by atoms with E-state index in [4.69, 9.17) is 0 Å². The summed E-state index contributed by atoms with van der Waals surface area (Å²) in [6.45, 7) is 4.67. The Morgan fingerprint density at radius 1 is 1.50 bits per heavy atom. The largest absolute Gasteiger partial charge is 0.306 e. The molecule has 0 aromatic heterocycles. The Kier molecular flexibility index (Phi) is 2.31. The second-order valence-electron chi connectivity index (χ2n) is 4.17. The smallest absolute Gasteiger partial charge is 0.255 e. The molecule has 2 heterocycles. The molecule has 0 aromatic carbocycles. The van der Waals surface area contributed by atoms with Gasteiger partial charge in [-0.3, -0.25) is 9.79 Å². The normalized spacial score (nSPS) is 26.4. The molecule has 1 saturated heterocycles. The van der Waals surface area contributed by atoms with Crippen molar-refractivity contribution in [1.29, 1.82) is 0 Å². The van der Waals surface area contributed by atoms with Crippen LogP contribution in [0.1, 0.15) is 19.8 Å². The van der Waals surface area contributed by atoms with Gasteiger partial charge in [-0.2, -0.15) is 0 Å². The number of hydrogen-bond acceptors (Lipinski definition) is 3. The lowest BCUT2D eigenvalue weighted by molar-refractivity contribution is -0.132. The number of aliphatic imine (C=N–C) groups is 1. The maximum absolute atomic E-state index is 12.0. The van der Waals surface area contributed by atoms with Crippen molar-refractivity contribution in [1.82, 2.24) is 9.80 Å². The van der Waals surface area contributed by atoms with Gasteiger partial charge in [0, 0.05) is 19.6 Å². The van der Waals surface area contributed by atoms with Crippen molar-refractivity contribution >= 4 is 12.2 Å². The molecule has 4 heteroatoms. The summed E-state index contributed by atoms with van der Waals surface area (Å²) in [6, 6.07) is 0. The van der Waals surface area contributed by atoms with Gasteiger partial charge in [0.15, 0.2) is 0 Å². The van der Waals surface area contributed by atoms with Gasteiger partial charge in [0.05, 0.1) is 6.34 Å². The molecule has 2 aliphatic rings. The minimum Gasteiger partial charge on any atom is -0.306 e. The fourth-order valence-electron chi connectivity index (χ4n) is 2.11. The SMILES string of the molecule is CCN1C=NC2(CCN(C)CC2)C1=O. The first-order valence-corrected chi connectivity index (χ1v) is 5.23. The van der Waals surface area contributed by atoms with Crippen LogP contribution in [-0.2, 0) is 4.79 Å². The van der Waals surface area contributed by atoms with Gasteiger partial charge in [0.2, 0.25) is 0 Å². The maximum atomic E-state index is 12.0. The Bertz CT molecular complexity index is 267. The zero-order valence-corrected chi connectivity index (χ0v) is 8.86. The highest BCUT2D eigenvalue weighted by molar-refractivity contribution is 6.00. The van der Waals surface area contributed by atoms with E-state index >= 15 is 0 Å². The monoisotopic (exact) mass is 195 g/mol. The molecule has 0 aliphatic carbocycles. The number of likely N-dealkylation sites (N-methyl/N-ethyl adjacent to an activating group) is 1. The summed E-state index contributed by atoms with van der Waals surface area (Å²) in [5.41, 5.74) is -0.400. The number of likely N-dealkylation sites (tertiary alicyclic amines) is 1. The minimum absolute atomic E-state index is 0.202. The van der Waals surface area contributed by atoms with Crippen LogP contribution in [0.5, 0.6) is 0 Å². The summed E-state index contributed by atoms with van der Waals surface area (Å²) in [5.74, 6) is 0.202. The highest BCUT2D eigenvalue weighted by Crippen LogP contribution is 2.30. The Morgan fingerprint density at radius 2 is 2.14 bits per heavy atom. The third-order valence-corrected chi connectivity index (χ3v) is 3.26. The van der Waals surface area contributed by atoms with Crippen molar-refractivity contribution in [3.63, 3.8) is 0 Å². The molecule has 14 heavy (non-hydrogen) atoms. The number of carbonyl (C=O) groups excluding carboxylic acids is 1. The highest BCUT2D eigenvalue weighted by atomic mass is 16.2. The standard InChI is InChI=1S/C10H17N3O/c1-3-13-8-11-10(9(13)14)4-6-12(2)7-5-10/h8H,3-7H2,1-2H3. The number of hydrogen-bond donors (Lipinski definition) is 0. The van der Waals surface area contributed by atoms with Crippen LogP contribution >= 0.6 is 0 Å². The van der Waals surface area contributed by atoms with E-state index in [1.165, 1.54) is 0 Å². The molecule has 2 aliphatic heterocycles. The minimum atomic E-state index is -0.400. The van der Waals surface area contributed by atoms with Crippen LogP contribution in [0.4, 0.5) is 0 Å². The van der Waals surface area contributed by atoms with Crippen LogP contribution < -0.4 is 0 Å². The number of rotatable bonds is 1. The van der Waals surface area contributed by atoms with Crippen LogP contribution in [0, 0.1) is 0 Å². The molecule has 0 bridgehead atoms. The molecular weight excluding hydrogens is 178 g/mol. The summed E-state index contributed by atoms with van der Waals surface area (Å²) < 4.78 is 0. The fraction of sp³-hybridized carbons (Fsp3) is 0.800. The van der Waals surface area contributed by atoms with Crippen LogP contribution in [-0.4, -0.2) is 54.3 Å². The molecule has 2 rings (SSSR count). The van der Waals surface area contributed by atoms with Gasteiger partial charge in [-0.1, -0.05) is 0 Å². The van der Waals surface area contributed by atoms with E-state index in [1.807, 2.05) is 6.92 Å². The van der Waals surface area contributed by atoms with Gasteiger partial charge in [0.1, 0.15) is 5.54 Å². The van der Waals surface area contributed by atoms with Crippen LogP contribution in [0.2, 0.25) is 0 Å². The van der Waals surface area contributed by atoms with E-state index < -0.39 is 5.54 Å². The second kappa shape index (κ2) is 3.35. The molecule has 0 aromatic rings. The van der Waals surface area contributed by atoms with Gasteiger partial charge in [-0.05, 0) is 26.8 Å². The van der Waals surface area contributed by atoms with Crippen molar-refractivity contribution in [2.45, 2.75) is 25.3 Å². The summed E-state index contributed by atoms with van der Waals surface area (Å²) in [5, 5.41) is 0. The summed E-state index contributed by atoms with van der Waals surface area (Å²) in [4.78, 5) is 20.4. The lowest BCUT2D eigenvalue weighted by atomic mass is 9.88. The van der Waals surface area contributed by atoms with Crippen molar-refractivity contribution in [3.8, 4) is 0 Å². The fourth-order valence-corrected chi connectivity index (χ4v) is 2.11. The predicted octanol–water partition coefficient (Wildman–Crippen LogP) is 0.341. The van der Waals surface area contributed by atoms with Gasteiger partial charge in [-0.25, -0.2) is 0 Å². The van der Waals surface area contributed by atoms with Gasteiger partial charge in [-0.15, -0.1) is 0 Å². The van der Waals surface area contributed by atoms with Gasteiger partial charge < -0.3 is 9.80 Å². The molecule has 1 amide bonds. The molecule has 1 fully saturated rings. The topological polar surface area (TPSA) is 35.9 Å². The zero-order valence-electron chi connectivity index (χ0n) is 8.86. The molecular formula is C10H17N3O. The number of piperidine rings is 1. The van der Waals surface area contributed by atoms with E-state index in [0.717, 1.165) is 32.5 Å². The molecule has 78 valence electrons. The lowest BCUT2D eigenvalue weighted by Gasteiger charge is -2.34. The average molecular weight is 195 g/mol. The van der Waals surface area contributed by atoms with Crippen LogP contribution in [0.15, 0.2) is 4.99 Å². The Morgan fingerprint density at radius 3 is 2.64 bits per heavy atom. The third kappa shape index (κ3) is 1.34. The number of nitrogens with zero attached hydrogens (tertiary/aromatic N) is 3. The van der Waals surface area contributed by atoms with Crippen molar-refractivity contribution in [3.05, 3.63) is 0 Å². The van der Waals surface area contributed by atoms with Crippen molar-refractivity contribution in [2.24, 2.45) is 4.99 Å². The molecule has 0 radical (unpaired) electrons. The van der Waals surface area contributed by atoms with E-state index in [-0.39, 0.29) is 5.91 Å². The number of carbonyl (C=O) groups is 1. The Balaban J connectivity index is 2.12. The molecule has 0 N–H and O–H groups in total. The van der Waals surface area contributed by atoms with Crippen LogP contribution in [0.3, 0.4) is 0 Å². The summed E-state index contributed by atoms with van der Waals surface area (Å²) in [7, 11) is 2.09. The first-order valence-electron chi connectivity index (χ1n) is 5.23.